The first kappa shape index (κ1) is 30.3. The molecule has 1 aromatic carbocycles. The molecule has 2 aliphatic rings. The van der Waals surface area contributed by atoms with Crippen LogP contribution >= 0.6 is 0 Å². The Balaban J connectivity index is 1.46. The zero-order valence-electron chi connectivity index (χ0n) is 24.4. The van der Waals surface area contributed by atoms with E-state index in [4.69, 9.17) is 4.74 Å². The second-order valence-electron chi connectivity index (χ2n) is 12.0. The molecule has 0 saturated carbocycles. The summed E-state index contributed by atoms with van der Waals surface area (Å²) in [5.74, 6) is -3.98. The number of rotatable bonds is 5. The van der Waals surface area contributed by atoms with E-state index in [1.807, 2.05) is 11.8 Å². The number of hydrogen-bond donors (Lipinski definition) is 3. The number of nitrogens with zero attached hydrogens (tertiary/aromatic N) is 3. The van der Waals surface area contributed by atoms with Crippen molar-refractivity contribution in [1.82, 2.24) is 15.3 Å². The number of alkyl carbamates (subject to hydrolysis) is 1. The van der Waals surface area contributed by atoms with Crippen LogP contribution in [0.3, 0.4) is 0 Å². The predicted octanol–water partition coefficient (Wildman–Crippen LogP) is 5.01. The zero-order chi connectivity index (χ0) is 31.1. The molecule has 0 radical (unpaired) electrons. The molecule has 2 aromatic heterocycles. The number of anilines is 2. The highest BCUT2D eigenvalue weighted by Gasteiger charge is 2.37. The van der Waals surface area contributed by atoms with E-state index in [-0.39, 0.29) is 18.2 Å². The van der Waals surface area contributed by atoms with Crippen molar-refractivity contribution in [2.45, 2.75) is 64.7 Å². The summed E-state index contributed by atoms with van der Waals surface area (Å²) < 4.78 is 48.9. The molecule has 9 nitrogen and oxygen atoms in total. The Hall–Kier alpha value is -4.19. The van der Waals surface area contributed by atoms with Gasteiger partial charge in [-0.15, -0.1) is 0 Å². The van der Waals surface area contributed by atoms with E-state index in [1.165, 1.54) is 6.20 Å². The van der Waals surface area contributed by atoms with Crippen LogP contribution in [0.1, 0.15) is 55.9 Å². The number of hydrogen-bond acceptors (Lipinski definition) is 7. The number of fused-ring (bicyclic) bond motifs is 1. The number of nitrogens with one attached hydrogen (secondary N) is 2. The fourth-order valence-corrected chi connectivity index (χ4v) is 5.64. The summed E-state index contributed by atoms with van der Waals surface area (Å²) in [6, 6.07) is 4.52. The number of piperidine rings is 1. The smallest absolute Gasteiger partial charge is 0.408 e. The third-order valence-corrected chi connectivity index (χ3v) is 7.54. The summed E-state index contributed by atoms with van der Waals surface area (Å²) in [7, 11) is 0. The fourth-order valence-electron chi connectivity index (χ4n) is 5.64. The first-order chi connectivity index (χ1) is 20.3. The highest BCUT2D eigenvalue weighted by molar-refractivity contribution is 6.05. The van der Waals surface area contributed by atoms with Gasteiger partial charge in [0.15, 0.2) is 0 Å². The molecule has 1 aliphatic carbocycles. The number of aromatic nitrogens is 2. The Kier molecular flexibility index (Phi) is 8.33. The van der Waals surface area contributed by atoms with Gasteiger partial charge in [-0.2, -0.15) is 0 Å². The predicted molar refractivity (Wildman–Crippen MR) is 154 cm³/mol. The summed E-state index contributed by atoms with van der Waals surface area (Å²) in [6.07, 6.45) is 2.39. The van der Waals surface area contributed by atoms with Crippen LogP contribution in [0.4, 0.5) is 29.3 Å². The lowest BCUT2D eigenvalue weighted by Crippen LogP contribution is -2.59. The van der Waals surface area contributed by atoms with E-state index in [1.54, 1.807) is 20.8 Å². The highest BCUT2D eigenvalue weighted by Crippen LogP contribution is 2.39. The van der Waals surface area contributed by atoms with Gasteiger partial charge in [0.2, 0.25) is 0 Å². The van der Waals surface area contributed by atoms with Crippen molar-refractivity contribution < 1.29 is 32.6 Å². The molecule has 1 aliphatic heterocycles. The maximum Gasteiger partial charge on any atom is 0.408 e. The number of carbonyl (C=O) groups is 2. The van der Waals surface area contributed by atoms with Crippen LogP contribution in [0.2, 0.25) is 0 Å². The van der Waals surface area contributed by atoms with E-state index < -0.39 is 58.5 Å². The summed E-state index contributed by atoms with van der Waals surface area (Å²) >= 11 is 0. The third kappa shape index (κ3) is 6.43. The molecule has 5 rings (SSSR count). The third-order valence-electron chi connectivity index (χ3n) is 7.54. The van der Waals surface area contributed by atoms with Crippen LogP contribution in [0.5, 0.6) is 0 Å². The number of benzene rings is 1. The van der Waals surface area contributed by atoms with Gasteiger partial charge >= 0.3 is 6.09 Å². The van der Waals surface area contributed by atoms with Crippen molar-refractivity contribution in [3.63, 3.8) is 0 Å². The van der Waals surface area contributed by atoms with Crippen molar-refractivity contribution in [2.24, 2.45) is 5.92 Å². The normalized spacial score (nSPS) is 20.0. The first-order valence-corrected chi connectivity index (χ1v) is 14.2. The average molecular weight is 598 g/mol. The van der Waals surface area contributed by atoms with E-state index >= 15 is 0 Å². The maximum absolute atomic E-state index is 14.6. The Bertz CT molecular complexity index is 1540. The van der Waals surface area contributed by atoms with E-state index in [0.717, 1.165) is 54.4 Å². The highest BCUT2D eigenvalue weighted by atomic mass is 19.1. The monoisotopic (exact) mass is 597 g/mol. The number of carbonyl (C=O) groups excluding carboxylic acids is 2. The number of aryl methyl sites for hydroxylation is 1. The molecule has 3 aromatic rings. The van der Waals surface area contributed by atoms with Crippen molar-refractivity contribution in [3.05, 3.63) is 70.9 Å². The number of ether oxygens (including phenoxy) is 1. The van der Waals surface area contributed by atoms with Crippen molar-refractivity contribution in [2.75, 3.05) is 23.3 Å². The molecule has 228 valence electrons. The van der Waals surface area contributed by atoms with Gasteiger partial charge in [-0.1, -0.05) is 13.0 Å². The molecule has 3 heterocycles. The van der Waals surface area contributed by atoms with Gasteiger partial charge in [-0.3, -0.25) is 9.78 Å². The second-order valence-corrected chi connectivity index (χ2v) is 12.0. The molecule has 0 bridgehead atoms. The molecule has 2 amide bonds. The minimum atomic E-state index is -1.01. The summed E-state index contributed by atoms with van der Waals surface area (Å²) in [5.41, 5.74) is 0.633. The van der Waals surface area contributed by atoms with Gasteiger partial charge in [0.25, 0.3) is 5.91 Å². The zero-order valence-corrected chi connectivity index (χ0v) is 24.4. The van der Waals surface area contributed by atoms with Gasteiger partial charge in [-0.25, -0.2) is 22.9 Å². The van der Waals surface area contributed by atoms with Gasteiger partial charge in [0.1, 0.15) is 34.4 Å². The molecule has 43 heavy (non-hydrogen) atoms. The van der Waals surface area contributed by atoms with Crippen LogP contribution in [0.25, 0.3) is 11.3 Å². The van der Waals surface area contributed by atoms with Gasteiger partial charge in [0.05, 0.1) is 35.3 Å². The van der Waals surface area contributed by atoms with E-state index in [2.05, 4.69) is 20.6 Å². The lowest BCUT2D eigenvalue weighted by molar-refractivity contribution is 0.0303. The van der Waals surface area contributed by atoms with Gasteiger partial charge in [-0.05, 0) is 69.9 Å². The quantitative estimate of drug-likeness (QED) is 0.379. The van der Waals surface area contributed by atoms with Crippen LogP contribution in [-0.2, 0) is 17.6 Å². The second kappa shape index (κ2) is 11.8. The molecular formula is C31H34F3N5O4. The lowest BCUT2D eigenvalue weighted by Gasteiger charge is -2.42. The minimum absolute atomic E-state index is 0.232. The molecule has 3 N–H and O–H groups in total. The summed E-state index contributed by atoms with van der Waals surface area (Å²) in [4.78, 5) is 36.5. The van der Waals surface area contributed by atoms with Crippen LogP contribution < -0.4 is 15.5 Å². The topological polar surface area (TPSA) is 117 Å². The van der Waals surface area contributed by atoms with E-state index in [9.17, 15) is 27.9 Å². The van der Waals surface area contributed by atoms with Crippen molar-refractivity contribution >= 4 is 23.4 Å². The van der Waals surface area contributed by atoms with Crippen molar-refractivity contribution in [3.8, 4) is 11.3 Å². The van der Waals surface area contributed by atoms with Gasteiger partial charge in [0, 0.05) is 24.7 Å². The average Bonchev–Trinajstić information content (AvgIpc) is 3.40. The number of aliphatic hydroxyl groups is 1. The Morgan fingerprint density at radius 3 is 2.47 bits per heavy atom. The van der Waals surface area contributed by atoms with Crippen LogP contribution in [-0.4, -0.2) is 57.9 Å². The first-order valence-electron chi connectivity index (χ1n) is 14.2. The number of pyridine rings is 2. The standard InChI is InChI=1S/C31H34F3N5O4/c1-16-14-39(15-24(28(16)40)38-30(42)43-31(2,3)4)27-17-7-5-10-21(17)35-13-23(27)37-29(41)22-12-11-20(34)26(36-22)25-18(32)8-6-9-19(25)33/h6,8-9,11-13,16,24,28,40H,5,7,10,14-15H2,1-4H3,(H,37,41)(H,38,42)/t16-,24+,28+/m0/s1. The maximum atomic E-state index is 14.6. The molecule has 0 unspecified atom stereocenters. The Labute approximate surface area is 247 Å². The van der Waals surface area contributed by atoms with Crippen LogP contribution in [0, 0.1) is 23.4 Å². The number of aliphatic hydroxyl groups excluding tert-OH is 1. The van der Waals surface area contributed by atoms with E-state index in [0.29, 0.717) is 24.3 Å². The summed E-state index contributed by atoms with van der Waals surface area (Å²) in [5, 5.41) is 16.5. The number of halogens is 3. The lowest BCUT2D eigenvalue weighted by atomic mass is 9.91. The Morgan fingerprint density at radius 2 is 1.77 bits per heavy atom. The number of amides is 2. The Morgan fingerprint density at radius 1 is 1.05 bits per heavy atom. The van der Waals surface area contributed by atoms with Crippen molar-refractivity contribution in [1.29, 1.82) is 0 Å². The largest absolute Gasteiger partial charge is 0.444 e. The summed E-state index contributed by atoms with van der Waals surface area (Å²) in [6.45, 7) is 7.78. The molecular weight excluding hydrogens is 563 g/mol. The van der Waals surface area contributed by atoms with Crippen LogP contribution in [0.15, 0.2) is 36.5 Å². The molecule has 0 spiro atoms. The SMILES string of the molecule is C[C@H]1CN(c2c(NC(=O)c3ccc(F)c(-c4c(F)cccc4F)n3)cnc3c2CCC3)C[C@@H](NC(=O)OC(C)(C)C)[C@@H]1O. The molecule has 1 fully saturated rings. The van der Waals surface area contributed by atoms with Gasteiger partial charge < -0.3 is 25.4 Å². The minimum Gasteiger partial charge on any atom is -0.444 e. The molecule has 3 atom stereocenters. The molecule has 1 saturated heterocycles. The molecule has 12 heteroatoms. The fraction of sp³-hybridized carbons (Fsp3) is 0.419.